The lowest BCUT2D eigenvalue weighted by molar-refractivity contribution is 0.566. The van der Waals surface area contributed by atoms with Crippen LogP contribution in [-0.2, 0) is 15.4 Å². The van der Waals surface area contributed by atoms with Gasteiger partial charge in [0.25, 0.3) is 0 Å². The summed E-state index contributed by atoms with van der Waals surface area (Å²) in [5.74, 6) is -0.348. The van der Waals surface area contributed by atoms with Crippen molar-refractivity contribution >= 4 is 26.0 Å². The van der Waals surface area contributed by atoms with E-state index in [-0.39, 0.29) is 10.7 Å². The molecule has 2 aromatic rings. The molecule has 0 aromatic heterocycles. The summed E-state index contributed by atoms with van der Waals surface area (Å²) in [6.07, 6.45) is 0. The number of nitrogens with one attached hydrogen (secondary N) is 1. The second kappa shape index (κ2) is 6.68. The number of hydrogen-bond donors (Lipinski definition) is 1. The Kier molecular flexibility index (Phi) is 5.13. The smallest absolute Gasteiger partial charge is 0.207 e. The minimum absolute atomic E-state index is 0.209. The summed E-state index contributed by atoms with van der Waals surface area (Å²) in [4.78, 5) is 0.209. The second-order valence-electron chi connectivity index (χ2n) is 4.67. The lowest BCUT2D eigenvalue weighted by Crippen LogP contribution is -2.26. The zero-order valence-electron chi connectivity index (χ0n) is 11.4. The van der Waals surface area contributed by atoms with Crippen LogP contribution >= 0.6 is 15.9 Å². The molecule has 0 heterocycles. The molecule has 3 nitrogen and oxygen atoms in total. The third-order valence-electron chi connectivity index (χ3n) is 3.09. The molecule has 0 radical (unpaired) electrons. The predicted octanol–water partition coefficient (Wildman–Crippen LogP) is 3.76. The summed E-state index contributed by atoms with van der Waals surface area (Å²) in [6, 6.07) is 12.0. The maximum absolute atomic E-state index is 12.9. The Morgan fingerprint density at radius 1 is 1.10 bits per heavy atom. The summed E-state index contributed by atoms with van der Waals surface area (Å²) in [5.41, 5.74) is 1.71. The van der Waals surface area contributed by atoms with Gasteiger partial charge in [-0.25, -0.2) is 17.5 Å². The van der Waals surface area contributed by atoms with E-state index in [0.29, 0.717) is 10.9 Å². The average molecular weight is 372 g/mol. The second-order valence-corrected chi connectivity index (χ2v) is 6.95. The summed E-state index contributed by atoms with van der Waals surface area (Å²) in [5, 5.41) is 0.673. The number of hydrogen-bond acceptors (Lipinski definition) is 2. The Labute approximate surface area is 132 Å². The third-order valence-corrected chi connectivity index (χ3v) is 5.29. The number of alkyl halides is 1. The molecule has 0 amide bonds. The molecule has 0 bridgehead atoms. The summed E-state index contributed by atoms with van der Waals surface area (Å²) in [6.45, 7) is 1.72. The third kappa shape index (κ3) is 4.12. The molecule has 0 aliphatic rings. The van der Waals surface area contributed by atoms with Crippen molar-refractivity contribution in [2.75, 3.05) is 0 Å². The molecule has 1 unspecified atom stereocenters. The molecule has 6 heteroatoms. The molecule has 0 aliphatic carbocycles. The highest BCUT2D eigenvalue weighted by atomic mass is 79.9. The highest BCUT2D eigenvalue weighted by Gasteiger charge is 2.18. The lowest BCUT2D eigenvalue weighted by Gasteiger charge is -2.15. The van der Waals surface area contributed by atoms with Crippen LogP contribution in [0.3, 0.4) is 0 Å². The van der Waals surface area contributed by atoms with E-state index in [2.05, 4.69) is 20.7 Å². The Balaban J connectivity index is 2.17. The van der Waals surface area contributed by atoms with Gasteiger partial charge in [0.1, 0.15) is 5.82 Å². The van der Waals surface area contributed by atoms with Gasteiger partial charge in [-0.3, -0.25) is 0 Å². The quantitative estimate of drug-likeness (QED) is 0.813. The van der Waals surface area contributed by atoms with E-state index in [1.54, 1.807) is 43.3 Å². The van der Waals surface area contributed by atoms with Crippen molar-refractivity contribution < 1.29 is 12.8 Å². The standard InChI is InChI=1S/C15H15BrFNO2S/c1-11(13-4-6-14(17)7-5-13)18-21(19,20)15-8-2-12(10-16)3-9-15/h2-9,11,18H,10H2,1H3. The molecule has 0 aliphatic heterocycles. The van der Waals surface area contributed by atoms with Crippen LogP contribution in [0.2, 0.25) is 0 Å². The van der Waals surface area contributed by atoms with Crippen LogP contribution in [0.25, 0.3) is 0 Å². The lowest BCUT2D eigenvalue weighted by atomic mass is 10.1. The zero-order chi connectivity index (χ0) is 15.5. The maximum Gasteiger partial charge on any atom is 0.241 e. The van der Waals surface area contributed by atoms with E-state index in [9.17, 15) is 12.8 Å². The molecule has 2 aromatic carbocycles. The van der Waals surface area contributed by atoms with E-state index in [1.807, 2.05) is 0 Å². The molecule has 0 saturated heterocycles. The summed E-state index contributed by atoms with van der Waals surface area (Å²) in [7, 11) is -3.60. The Bertz CT molecular complexity index is 699. The predicted molar refractivity (Wildman–Crippen MR) is 84.2 cm³/mol. The molecule has 1 N–H and O–H groups in total. The number of sulfonamides is 1. The highest BCUT2D eigenvalue weighted by Crippen LogP contribution is 2.18. The first-order chi connectivity index (χ1) is 9.92. The van der Waals surface area contributed by atoms with Crippen LogP contribution in [0.15, 0.2) is 53.4 Å². The van der Waals surface area contributed by atoms with Crippen molar-refractivity contribution in [2.24, 2.45) is 0 Å². The number of rotatable bonds is 5. The van der Waals surface area contributed by atoms with Crippen molar-refractivity contribution in [3.63, 3.8) is 0 Å². The van der Waals surface area contributed by atoms with Gasteiger partial charge < -0.3 is 0 Å². The van der Waals surface area contributed by atoms with Crippen LogP contribution < -0.4 is 4.72 Å². The summed E-state index contributed by atoms with van der Waals surface area (Å²) >= 11 is 3.31. The fourth-order valence-corrected chi connectivity index (χ4v) is 3.48. The van der Waals surface area contributed by atoms with Gasteiger partial charge in [0.15, 0.2) is 0 Å². The molecular formula is C15H15BrFNO2S. The van der Waals surface area contributed by atoms with Crippen molar-refractivity contribution in [2.45, 2.75) is 23.2 Å². The van der Waals surface area contributed by atoms with Crippen LogP contribution in [0.1, 0.15) is 24.1 Å². The van der Waals surface area contributed by atoms with Crippen molar-refractivity contribution in [3.8, 4) is 0 Å². The van der Waals surface area contributed by atoms with Gasteiger partial charge in [-0.2, -0.15) is 0 Å². The molecule has 2 rings (SSSR count). The van der Waals surface area contributed by atoms with Gasteiger partial charge in [0.05, 0.1) is 4.90 Å². The molecule has 0 spiro atoms. The fraction of sp³-hybridized carbons (Fsp3) is 0.200. The minimum atomic E-state index is -3.60. The van der Waals surface area contributed by atoms with E-state index in [4.69, 9.17) is 0 Å². The first-order valence-corrected chi connectivity index (χ1v) is 8.95. The Morgan fingerprint density at radius 2 is 1.67 bits per heavy atom. The van der Waals surface area contributed by atoms with Crippen LogP contribution in [0.5, 0.6) is 0 Å². The van der Waals surface area contributed by atoms with E-state index in [1.165, 1.54) is 12.1 Å². The van der Waals surface area contributed by atoms with E-state index >= 15 is 0 Å². The van der Waals surface area contributed by atoms with Crippen LogP contribution in [0.4, 0.5) is 4.39 Å². The first-order valence-electron chi connectivity index (χ1n) is 6.35. The highest BCUT2D eigenvalue weighted by molar-refractivity contribution is 9.08. The molecular weight excluding hydrogens is 357 g/mol. The molecule has 112 valence electrons. The average Bonchev–Trinajstić information content (AvgIpc) is 2.47. The molecule has 0 saturated carbocycles. The van der Waals surface area contributed by atoms with Gasteiger partial charge in [-0.05, 0) is 42.3 Å². The topological polar surface area (TPSA) is 46.2 Å². The SMILES string of the molecule is CC(NS(=O)(=O)c1ccc(CBr)cc1)c1ccc(F)cc1. The summed E-state index contributed by atoms with van der Waals surface area (Å²) < 4.78 is 40.0. The van der Waals surface area contributed by atoms with Gasteiger partial charge >= 0.3 is 0 Å². The monoisotopic (exact) mass is 371 g/mol. The van der Waals surface area contributed by atoms with Crippen molar-refractivity contribution in [1.82, 2.24) is 4.72 Å². The largest absolute Gasteiger partial charge is 0.241 e. The fourth-order valence-electron chi connectivity index (χ4n) is 1.88. The first kappa shape index (κ1) is 16.1. The van der Waals surface area contributed by atoms with Gasteiger partial charge in [0, 0.05) is 11.4 Å². The number of benzene rings is 2. The number of halogens is 2. The van der Waals surface area contributed by atoms with Crippen molar-refractivity contribution in [1.29, 1.82) is 0 Å². The minimum Gasteiger partial charge on any atom is -0.207 e. The zero-order valence-corrected chi connectivity index (χ0v) is 13.8. The Morgan fingerprint density at radius 3 is 2.19 bits per heavy atom. The van der Waals surface area contributed by atoms with E-state index in [0.717, 1.165) is 5.56 Å². The maximum atomic E-state index is 12.9. The molecule has 1 atom stereocenters. The van der Waals surface area contributed by atoms with Gasteiger partial charge in [-0.1, -0.05) is 40.2 Å². The van der Waals surface area contributed by atoms with Crippen LogP contribution in [0, 0.1) is 5.82 Å². The van der Waals surface area contributed by atoms with Crippen molar-refractivity contribution in [3.05, 3.63) is 65.5 Å². The molecule has 21 heavy (non-hydrogen) atoms. The Hall–Kier alpha value is -1.24. The molecule has 0 fully saturated rings. The van der Waals surface area contributed by atoms with Crippen LogP contribution in [-0.4, -0.2) is 8.42 Å². The van der Waals surface area contributed by atoms with E-state index < -0.39 is 16.1 Å². The van der Waals surface area contributed by atoms with Gasteiger partial charge in [0.2, 0.25) is 10.0 Å². The van der Waals surface area contributed by atoms with Gasteiger partial charge in [-0.15, -0.1) is 0 Å². The normalized spacial score (nSPS) is 13.1.